The van der Waals surface area contributed by atoms with Gasteiger partial charge in [-0.15, -0.1) is 0 Å². The quantitative estimate of drug-likeness (QED) is 0.847. The van der Waals surface area contributed by atoms with Gasteiger partial charge in [0.15, 0.2) is 0 Å². The summed E-state index contributed by atoms with van der Waals surface area (Å²) in [5.41, 5.74) is 7.04. The summed E-state index contributed by atoms with van der Waals surface area (Å²) in [5, 5.41) is 0.554. The van der Waals surface area contributed by atoms with Crippen molar-refractivity contribution in [3.8, 4) is 5.75 Å². The Bertz CT molecular complexity index is 621. The van der Waals surface area contributed by atoms with Crippen molar-refractivity contribution in [3.63, 3.8) is 0 Å². The average Bonchev–Trinajstić information content (AvgIpc) is 2.38. The molecule has 0 atom stereocenters. The second kappa shape index (κ2) is 6.32. The maximum Gasteiger partial charge on any atom is 0.138 e. The molecule has 1 heterocycles. The molecule has 3 nitrogen and oxygen atoms in total. The van der Waals surface area contributed by atoms with Gasteiger partial charge in [0.1, 0.15) is 17.3 Å². The van der Waals surface area contributed by atoms with Gasteiger partial charge in [-0.25, -0.2) is 0 Å². The Hall–Kier alpha value is -1.17. The highest BCUT2D eigenvalue weighted by Gasteiger charge is 2.04. The number of hydrogen-bond donors (Lipinski definition) is 1. The molecule has 0 aliphatic heterocycles. The topological polar surface area (TPSA) is 48.1 Å². The fraction of sp³-hybridized carbons (Fsp3) is 0.0769. The van der Waals surface area contributed by atoms with E-state index in [-0.39, 0.29) is 4.99 Å². The van der Waals surface area contributed by atoms with Crippen molar-refractivity contribution in [2.45, 2.75) is 6.61 Å². The molecule has 0 bridgehead atoms. The summed E-state index contributed by atoms with van der Waals surface area (Å²) < 4.78 is 6.55. The monoisotopic (exact) mass is 356 g/mol. The number of nitrogens with zero attached hydrogens (tertiary/aromatic N) is 1. The molecule has 2 aromatic rings. The van der Waals surface area contributed by atoms with Gasteiger partial charge in [0, 0.05) is 10.7 Å². The highest BCUT2D eigenvalue weighted by atomic mass is 79.9. The van der Waals surface area contributed by atoms with Crippen LogP contribution in [0.3, 0.4) is 0 Å². The molecular weight excluding hydrogens is 348 g/mol. The normalized spacial score (nSPS) is 10.2. The van der Waals surface area contributed by atoms with Crippen molar-refractivity contribution in [2.75, 3.05) is 0 Å². The summed E-state index contributed by atoms with van der Waals surface area (Å²) in [6.07, 6.45) is 1.65. The maximum absolute atomic E-state index is 6.07. The number of thiocarbonyl (C=S) groups is 1. The molecule has 0 unspecified atom stereocenters. The van der Waals surface area contributed by atoms with Gasteiger partial charge in [-0.3, -0.25) is 4.98 Å². The second-order valence-electron chi connectivity index (χ2n) is 3.78. The van der Waals surface area contributed by atoms with Crippen LogP contribution in [0.5, 0.6) is 5.75 Å². The molecule has 2 N–H and O–H groups in total. The van der Waals surface area contributed by atoms with Gasteiger partial charge in [-0.05, 0) is 35.9 Å². The average molecular weight is 358 g/mol. The van der Waals surface area contributed by atoms with Crippen molar-refractivity contribution in [1.29, 1.82) is 0 Å². The van der Waals surface area contributed by atoms with Crippen LogP contribution in [0.2, 0.25) is 5.02 Å². The lowest BCUT2D eigenvalue weighted by Gasteiger charge is -2.09. The van der Waals surface area contributed by atoms with Crippen LogP contribution in [-0.2, 0) is 6.61 Å². The van der Waals surface area contributed by atoms with Gasteiger partial charge in [-0.1, -0.05) is 39.7 Å². The van der Waals surface area contributed by atoms with Crippen molar-refractivity contribution >= 4 is 44.7 Å². The standard InChI is InChI=1S/C13H10BrClN2OS/c14-9-1-2-12(10(15)6-9)18-7-8-3-4-17-11(5-8)13(16)19/h1-6H,7H2,(H2,16,19). The predicted octanol–water partition coefficient (Wildman–Crippen LogP) is 3.71. The Morgan fingerprint density at radius 1 is 1.37 bits per heavy atom. The third-order valence-corrected chi connectivity index (χ3v) is 3.36. The highest BCUT2D eigenvalue weighted by Crippen LogP contribution is 2.28. The molecular formula is C13H10BrClN2OS. The fourth-order valence-corrected chi connectivity index (χ4v) is 2.29. The van der Waals surface area contributed by atoms with E-state index in [1.54, 1.807) is 18.3 Å². The minimum absolute atomic E-state index is 0.267. The van der Waals surface area contributed by atoms with Crippen molar-refractivity contribution < 1.29 is 4.74 Å². The summed E-state index contributed by atoms with van der Waals surface area (Å²) >= 11 is 14.3. The van der Waals surface area contributed by atoms with Crippen molar-refractivity contribution in [3.05, 3.63) is 57.3 Å². The van der Waals surface area contributed by atoms with E-state index in [1.165, 1.54) is 0 Å². The zero-order valence-electron chi connectivity index (χ0n) is 9.77. The molecule has 0 saturated heterocycles. The largest absolute Gasteiger partial charge is 0.487 e. The number of benzene rings is 1. The van der Waals surface area contributed by atoms with Crippen LogP contribution in [0, 0.1) is 0 Å². The Kier molecular flexibility index (Phi) is 4.74. The first-order valence-corrected chi connectivity index (χ1v) is 6.97. The molecule has 0 radical (unpaired) electrons. The Morgan fingerprint density at radius 2 is 2.16 bits per heavy atom. The number of hydrogen-bond acceptors (Lipinski definition) is 3. The van der Waals surface area contributed by atoms with Gasteiger partial charge >= 0.3 is 0 Å². The van der Waals surface area contributed by atoms with Crippen LogP contribution >= 0.6 is 39.7 Å². The number of halogens is 2. The van der Waals surface area contributed by atoms with Crippen LogP contribution < -0.4 is 10.5 Å². The molecule has 1 aromatic carbocycles. The second-order valence-corrected chi connectivity index (χ2v) is 5.54. The van der Waals surface area contributed by atoms with E-state index in [0.717, 1.165) is 10.0 Å². The van der Waals surface area contributed by atoms with Crippen molar-refractivity contribution in [2.24, 2.45) is 5.73 Å². The van der Waals surface area contributed by atoms with Gasteiger partial charge in [-0.2, -0.15) is 0 Å². The minimum Gasteiger partial charge on any atom is -0.487 e. The summed E-state index contributed by atoms with van der Waals surface area (Å²) in [6.45, 7) is 0.374. The van der Waals surface area contributed by atoms with Crippen LogP contribution in [0.1, 0.15) is 11.3 Å². The lowest BCUT2D eigenvalue weighted by molar-refractivity contribution is 0.306. The number of nitrogens with two attached hydrogens (primary N) is 1. The van der Waals surface area contributed by atoms with E-state index in [9.17, 15) is 0 Å². The smallest absolute Gasteiger partial charge is 0.138 e. The van der Waals surface area contributed by atoms with Gasteiger partial charge in [0.05, 0.1) is 10.7 Å². The molecule has 0 spiro atoms. The number of pyridine rings is 1. The molecule has 0 aliphatic rings. The van der Waals surface area contributed by atoms with Gasteiger partial charge in [0.25, 0.3) is 0 Å². The fourth-order valence-electron chi connectivity index (χ4n) is 1.45. The molecule has 1 aromatic heterocycles. The minimum atomic E-state index is 0.267. The molecule has 0 saturated carbocycles. The first-order chi connectivity index (χ1) is 9.06. The Balaban J connectivity index is 2.10. The zero-order chi connectivity index (χ0) is 13.8. The van der Waals surface area contributed by atoms with Crippen LogP contribution in [0.25, 0.3) is 0 Å². The highest BCUT2D eigenvalue weighted by molar-refractivity contribution is 9.10. The molecule has 0 amide bonds. The molecule has 0 aliphatic carbocycles. The number of rotatable bonds is 4. The van der Waals surface area contributed by atoms with E-state index in [2.05, 4.69) is 20.9 Å². The summed E-state index contributed by atoms with van der Waals surface area (Å²) in [7, 11) is 0. The first-order valence-electron chi connectivity index (χ1n) is 5.39. The van der Waals surface area contributed by atoms with E-state index in [4.69, 9.17) is 34.3 Å². The van der Waals surface area contributed by atoms with E-state index < -0.39 is 0 Å². The van der Waals surface area contributed by atoms with Crippen LogP contribution in [-0.4, -0.2) is 9.97 Å². The molecule has 0 fully saturated rings. The molecule has 6 heteroatoms. The van der Waals surface area contributed by atoms with E-state index in [0.29, 0.717) is 23.1 Å². The summed E-state index contributed by atoms with van der Waals surface area (Å²) in [5.74, 6) is 0.624. The third kappa shape index (κ3) is 3.89. The van der Waals surface area contributed by atoms with E-state index >= 15 is 0 Å². The lowest BCUT2D eigenvalue weighted by atomic mass is 10.2. The molecule has 19 heavy (non-hydrogen) atoms. The maximum atomic E-state index is 6.07. The van der Waals surface area contributed by atoms with Crippen molar-refractivity contribution in [1.82, 2.24) is 4.98 Å². The number of ether oxygens (including phenoxy) is 1. The molecule has 98 valence electrons. The Morgan fingerprint density at radius 3 is 2.84 bits per heavy atom. The SMILES string of the molecule is NC(=S)c1cc(COc2ccc(Br)cc2Cl)ccn1. The number of aromatic nitrogens is 1. The van der Waals surface area contributed by atoms with Crippen LogP contribution in [0.15, 0.2) is 41.0 Å². The zero-order valence-corrected chi connectivity index (χ0v) is 12.9. The summed E-state index contributed by atoms with van der Waals surface area (Å²) in [4.78, 5) is 4.34. The Labute approximate surface area is 129 Å². The first kappa shape index (κ1) is 14.2. The van der Waals surface area contributed by atoms with Gasteiger partial charge in [0.2, 0.25) is 0 Å². The lowest BCUT2D eigenvalue weighted by Crippen LogP contribution is -2.12. The van der Waals surface area contributed by atoms with E-state index in [1.807, 2.05) is 18.2 Å². The molecule has 2 rings (SSSR count). The summed E-state index contributed by atoms with van der Waals surface area (Å²) in [6, 6.07) is 9.10. The van der Waals surface area contributed by atoms with Crippen LogP contribution in [0.4, 0.5) is 0 Å². The third-order valence-electron chi connectivity index (χ3n) is 2.37. The predicted molar refractivity (Wildman–Crippen MR) is 83.6 cm³/mol. The van der Waals surface area contributed by atoms with Gasteiger partial charge < -0.3 is 10.5 Å².